The highest BCUT2D eigenvalue weighted by Crippen LogP contribution is 2.40. The SMILES string of the molecule is COc1ccccc1N1C(=O)[C@H]2C(C(C)=O)=NN(c3ccc(C)cc3)[C@@H]2C1=O. The summed E-state index contributed by atoms with van der Waals surface area (Å²) in [5.74, 6) is -1.75. The van der Waals surface area contributed by atoms with Crippen molar-refractivity contribution in [1.29, 1.82) is 0 Å². The van der Waals surface area contributed by atoms with Crippen molar-refractivity contribution in [3.63, 3.8) is 0 Å². The van der Waals surface area contributed by atoms with Gasteiger partial charge in [-0.25, -0.2) is 4.90 Å². The normalized spacial score (nSPS) is 21.0. The maximum atomic E-state index is 13.3. The second-order valence-electron chi connectivity index (χ2n) is 6.83. The minimum Gasteiger partial charge on any atom is -0.495 e. The first-order valence-corrected chi connectivity index (χ1v) is 8.90. The zero-order chi connectivity index (χ0) is 20.0. The lowest BCUT2D eigenvalue weighted by molar-refractivity contribution is -0.122. The van der Waals surface area contributed by atoms with Crippen LogP contribution in [0.5, 0.6) is 5.75 Å². The lowest BCUT2D eigenvalue weighted by Crippen LogP contribution is -2.39. The van der Waals surface area contributed by atoms with Crippen molar-refractivity contribution < 1.29 is 19.1 Å². The first-order chi connectivity index (χ1) is 13.4. The van der Waals surface area contributed by atoms with Gasteiger partial charge in [0.2, 0.25) is 5.91 Å². The number of anilines is 2. The largest absolute Gasteiger partial charge is 0.495 e. The second-order valence-corrected chi connectivity index (χ2v) is 6.83. The van der Waals surface area contributed by atoms with Gasteiger partial charge in [0.05, 0.1) is 18.5 Å². The van der Waals surface area contributed by atoms with Gasteiger partial charge < -0.3 is 4.74 Å². The summed E-state index contributed by atoms with van der Waals surface area (Å²) in [5.41, 5.74) is 2.17. The highest BCUT2D eigenvalue weighted by molar-refractivity contribution is 6.49. The van der Waals surface area contributed by atoms with E-state index in [-0.39, 0.29) is 11.5 Å². The van der Waals surface area contributed by atoms with Crippen molar-refractivity contribution in [3.8, 4) is 5.75 Å². The number of imide groups is 1. The van der Waals surface area contributed by atoms with Gasteiger partial charge in [-0.3, -0.25) is 19.4 Å². The topological polar surface area (TPSA) is 79.3 Å². The van der Waals surface area contributed by atoms with Crippen LogP contribution >= 0.6 is 0 Å². The fourth-order valence-electron chi connectivity index (χ4n) is 3.67. The van der Waals surface area contributed by atoms with Gasteiger partial charge in [-0.1, -0.05) is 29.8 Å². The van der Waals surface area contributed by atoms with Crippen LogP contribution in [0.1, 0.15) is 12.5 Å². The van der Waals surface area contributed by atoms with E-state index in [1.807, 2.05) is 31.2 Å². The fourth-order valence-corrected chi connectivity index (χ4v) is 3.67. The number of benzene rings is 2. The number of carbonyl (C=O) groups is 3. The Balaban J connectivity index is 1.82. The van der Waals surface area contributed by atoms with Crippen molar-refractivity contribution in [3.05, 3.63) is 54.1 Å². The van der Waals surface area contributed by atoms with Crippen LogP contribution < -0.4 is 14.6 Å². The lowest BCUT2D eigenvalue weighted by Gasteiger charge is -2.23. The number of aryl methyl sites for hydroxylation is 1. The van der Waals surface area contributed by atoms with Crippen molar-refractivity contribution in [1.82, 2.24) is 0 Å². The Morgan fingerprint density at radius 2 is 1.71 bits per heavy atom. The van der Waals surface area contributed by atoms with E-state index in [0.717, 1.165) is 10.5 Å². The van der Waals surface area contributed by atoms with Gasteiger partial charge in [0.15, 0.2) is 5.78 Å². The summed E-state index contributed by atoms with van der Waals surface area (Å²) in [5, 5.41) is 5.83. The number of fused-ring (bicyclic) bond motifs is 1. The molecule has 2 heterocycles. The number of ether oxygens (including phenoxy) is 1. The third-order valence-electron chi connectivity index (χ3n) is 5.03. The maximum absolute atomic E-state index is 13.3. The molecule has 28 heavy (non-hydrogen) atoms. The molecule has 2 amide bonds. The molecule has 2 atom stereocenters. The van der Waals surface area contributed by atoms with E-state index >= 15 is 0 Å². The molecule has 0 unspecified atom stereocenters. The standard InChI is InChI=1S/C21H19N3O4/c1-12-8-10-14(11-9-12)24-19-17(18(22-24)13(2)25)20(26)23(21(19)27)15-6-4-5-7-16(15)28-3/h4-11,17,19H,1-3H3/t17-,19-/m0/s1. The summed E-state index contributed by atoms with van der Waals surface area (Å²) >= 11 is 0. The minimum absolute atomic E-state index is 0.0984. The van der Waals surface area contributed by atoms with E-state index in [9.17, 15) is 14.4 Å². The van der Waals surface area contributed by atoms with Crippen molar-refractivity contribution in [2.45, 2.75) is 19.9 Å². The summed E-state index contributed by atoms with van der Waals surface area (Å²) in [6.07, 6.45) is 0. The van der Waals surface area contributed by atoms with Gasteiger partial charge >= 0.3 is 0 Å². The fraction of sp³-hybridized carbons (Fsp3) is 0.238. The van der Waals surface area contributed by atoms with Gasteiger partial charge in [-0.05, 0) is 31.2 Å². The number of amides is 2. The Hall–Kier alpha value is -3.48. The van der Waals surface area contributed by atoms with Crippen molar-refractivity contribution in [2.75, 3.05) is 17.0 Å². The maximum Gasteiger partial charge on any atom is 0.260 e. The average Bonchev–Trinajstić information content (AvgIpc) is 3.20. The van der Waals surface area contributed by atoms with Crippen LogP contribution in [0.25, 0.3) is 0 Å². The molecular weight excluding hydrogens is 358 g/mol. The number of Topliss-reactive ketones (excluding diaryl/α,β-unsaturated/α-hetero) is 1. The second kappa shape index (κ2) is 6.60. The van der Waals surface area contributed by atoms with Crippen molar-refractivity contribution in [2.24, 2.45) is 11.0 Å². The molecule has 2 aromatic rings. The Morgan fingerprint density at radius 3 is 2.36 bits per heavy atom. The number of nitrogens with zero attached hydrogens (tertiary/aromatic N) is 3. The van der Waals surface area contributed by atoms with Crippen LogP contribution in [0, 0.1) is 12.8 Å². The molecule has 4 rings (SSSR count). The predicted molar refractivity (Wildman–Crippen MR) is 105 cm³/mol. The Kier molecular flexibility index (Phi) is 4.22. The summed E-state index contributed by atoms with van der Waals surface area (Å²) in [7, 11) is 1.48. The van der Waals surface area contributed by atoms with Crippen molar-refractivity contribution >= 4 is 34.7 Å². The predicted octanol–water partition coefficient (Wildman–Crippen LogP) is 2.33. The van der Waals surface area contributed by atoms with Crippen LogP contribution in [0.4, 0.5) is 11.4 Å². The molecule has 2 aliphatic rings. The monoisotopic (exact) mass is 377 g/mol. The first kappa shape index (κ1) is 17.9. The molecule has 7 heteroatoms. The lowest BCUT2D eigenvalue weighted by atomic mass is 9.95. The summed E-state index contributed by atoms with van der Waals surface area (Å²) in [4.78, 5) is 39.8. The molecule has 0 radical (unpaired) electrons. The van der Waals surface area contributed by atoms with Gasteiger partial charge in [-0.2, -0.15) is 5.10 Å². The highest BCUT2D eigenvalue weighted by Gasteiger charge is 2.58. The highest BCUT2D eigenvalue weighted by atomic mass is 16.5. The molecule has 142 valence electrons. The summed E-state index contributed by atoms with van der Waals surface area (Å²) < 4.78 is 5.32. The number of rotatable bonds is 4. The van der Waals surface area contributed by atoms with E-state index in [4.69, 9.17) is 4.74 Å². The zero-order valence-corrected chi connectivity index (χ0v) is 15.7. The molecule has 2 aromatic carbocycles. The first-order valence-electron chi connectivity index (χ1n) is 8.90. The van der Waals surface area contributed by atoms with E-state index in [0.29, 0.717) is 17.1 Å². The molecule has 0 saturated carbocycles. The molecule has 0 aliphatic carbocycles. The Labute approximate surface area is 162 Å². The molecule has 0 spiro atoms. The molecule has 2 aliphatic heterocycles. The van der Waals surface area contributed by atoms with Gasteiger partial charge in [0.25, 0.3) is 5.91 Å². The van der Waals surface area contributed by atoms with Crippen LogP contribution in [-0.4, -0.2) is 36.5 Å². The average molecular weight is 377 g/mol. The van der Waals surface area contributed by atoms with Crippen LogP contribution in [0.3, 0.4) is 0 Å². The zero-order valence-electron chi connectivity index (χ0n) is 15.7. The van der Waals surface area contributed by atoms with Gasteiger partial charge in [0.1, 0.15) is 23.4 Å². The molecule has 1 fully saturated rings. The molecule has 1 saturated heterocycles. The third kappa shape index (κ3) is 2.58. The molecule has 0 aromatic heterocycles. The summed E-state index contributed by atoms with van der Waals surface area (Å²) in [6.45, 7) is 3.31. The van der Waals surface area contributed by atoms with E-state index in [1.165, 1.54) is 19.0 Å². The molecule has 0 N–H and O–H groups in total. The number of ketones is 1. The van der Waals surface area contributed by atoms with E-state index < -0.39 is 23.8 Å². The minimum atomic E-state index is -0.934. The number of para-hydroxylation sites is 2. The van der Waals surface area contributed by atoms with Crippen LogP contribution in [0.15, 0.2) is 53.6 Å². The summed E-state index contributed by atoms with van der Waals surface area (Å²) in [6, 6.07) is 13.4. The Bertz CT molecular complexity index is 1010. The van der Waals surface area contributed by atoms with Crippen LogP contribution in [-0.2, 0) is 14.4 Å². The number of hydrazone groups is 1. The Morgan fingerprint density at radius 1 is 1.04 bits per heavy atom. The van der Waals surface area contributed by atoms with E-state index in [1.54, 1.807) is 24.3 Å². The smallest absolute Gasteiger partial charge is 0.260 e. The van der Waals surface area contributed by atoms with Gasteiger partial charge in [0, 0.05) is 6.92 Å². The number of methoxy groups -OCH3 is 1. The number of hydrogen-bond donors (Lipinski definition) is 0. The van der Waals surface area contributed by atoms with E-state index in [2.05, 4.69) is 5.10 Å². The third-order valence-corrected chi connectivity index (χ3v) is 5.03. The van der Waals surface area contributed by atoms with Gasteiger partial charge in [-0.15, -0.1) is 0 Å². The number of carbonyl (C=O) groups excluding carboxylic acids is 3. The van der Waals surface area contributed by atoms with Crippen LogP contribution in [0.2, 0.25) is 0 Å². The quantitative estimate of drug-likeness (QED) is 0.764. The number of hydrogen-bond acceptors (Lipinski definition) is 6. The molecule has 7 nitrogen and oxygen atoms in total. The molecule has 0 bridgehead atoms. The molecular formula is C21H19N3O4.